The Bertz CT molecular complexity index is 652. The van der Waals surface area contributed by atoms with Gasteiger partial charge in [-0.05, 0) is 44.4 Å². The highest BCUT2D eigenvalue weighted by Gasteiger charge is 2.29. The SMILES string of the molecule is O=C1CCCN1CCCC(=O)N1CCC[C@@H](c2nccn2CC2CC2)C1. The molecule has 0 aromatic carbocycles. The number of aromatic nitrogens is 2. The molecule has 2 amide bonds. The summed E-state index contributed by atoms with van der Waals surface area (Å²) in [6.07, 6.45) is 11.8. The number of hydrogen-bond acceptors (Lipinski definition) is 3. The Morgan fingerprint density at radius 2 is 2.08 bits per heavy atom. The lowest BCUT2D eigenvalue weighted by Crippen LogP contribution is -2.40. The van der Waals surface area contributed by atoms with E-state index in [0.717, 1.165) is 70.1 Å². The normalized spacial score (nSPS) is 23.7. The highest BCUT2D eigenvalue weighted by atomic mass is 16.2. The summed E-state index contributed by atoms with van der Waals surface area (Å²) in [5, 5.41) is 0. The summed E-state index contributed by atoms with van der Waals surface area (Å²) in [6.45, 7) is 4.34. The van der Waals surface area contributed by atoms with E-state index in [4.69, 9.17) is 0 Å². The summed E-state index contributed by atoms with van der Waals surface area (Å²) in [6, 6.07) is 0. The van der Waals surface area contributed by atoms with Gasteiger partial charge in [-0.25, -0.2) is 4.98 Å². The van der Waals surface area contributed by atoms with Crippen molar-refractivity contribution >= 4 is 11.8 Å². The number of amides is 2. The fraction of sp³-hybridized carbons (Fsp3) is 0.750. The first kappa shape index (κ1) is 17.6. The standard InChI is InChI=1S/C20H30N4O2/c25-18-5-2-10-22(18)11-3-6-19(26)23-12-1-4-17(15-23)20-21-9-13-24(20)14-16-7-8-16/h9,13,16-17H,1-8,10-12,14-15H2/t17-/m1/s1. The van der Waals surface area contributed by atoms with Crippen molar-refractivity contribution in [2.24, 2.45) is 5.92 Å². The van der Waals surface area contributed by atoms with Crippen molar-refractivity contribution in [3.8, 4) is 0 Å². The van der Waals surface area contributed by atoms with Gasteiger partial charge in [-0.1, -0.05) is 0 Å². The number of piperidine rings is 1. The summed E-state index contributed by atoms with van der Waals surface area (Å²) in [5.74, 6) is 2.84. The molecule has 1 aromatic heterocycles. The second-order valence-electron chi connectivity index (χ2n) is 8.15. The highest BCUT2D eigenvalue weighted by molar-refractivity contribution is 5.78. The Kier molecular flexibility index (Phi) is 5.27. The Balaban J connectivity index is 1.28. The van der Waals surface area contributed by atoms with Gasteiger partial charge in [0.05, 0.1) is 0 Å². The molecule has 6 heteroatoms. The van der Waals surface area contributed by atoms with Gasteiger partial charge in [-0.2, -0.15) is 0 Å². The quantitative estimate of drug-likeness (QED) is 0.752. The second-order valence-corrected chi connectivity index (χ2v) is 8.15. The van der Waals surface area contributed by atoms with Crippen LogP contribution in [0.4, 0.5) is 0 Å². The number of carbonyl (C=O) groups is 2. The van der Waals surface area contributed by atoms with Gasteiger partial charge >= 0.3 is 0 Å². The van der Waals surface area contributed by atoms with Gasteiger partial charge in [0.1, 0.15) is 5.82 Å². The first-order chi connectivity index (χ1) is 12.7. The van der Waals surface area contributed by atoms with E-state index >= 15 is 0 Å². The van der Waals surface area contributed by atoms with Crippen molar-refractivity contribution in [1.82, 2.24) is 19.4 Å². The largest absolute Gasteiger partial charge is 0.343 e. The van der Waals surface area contributed by atoms with Crippen LogP contribution in [0.15, 0.2) is 12.4 Å². The third kappa shape index (κ3) is 4.10. The second kappa shape index (κ2) is 7.80. The average molecular weight is 358 g/mol. The molecular weight excluding hydrogens is 328 g/mol. The molecule has 4 rings (SSSR count). The third-order valence-electron chi connectivity index (χ3n) is 6.03. The molecule has 0 radical (unpaired) electrons. The maximum Gasteiger partial charge on any atom is 0.222 e. The molecule has 1 atom stereocenters. The van der Waals surface area contributed by atoms with Crippen molar-refractivity contribution in [2.75, 3.05) is 26.2 Å². The molecule has 1 saturated carbocycles. The Morgan fingerprint density at radius 1 is 1.19 bits per heavy atom. The van der Waals surface area contributed by atoms with Gasteiger partial charge < -0.3 is 14.4 Å². The van der Waals surface area contributed by atoms with Crippen LogP contribution < -0.4 is 0 Å². The first-order valence-corrected chi connectivity index (χ1v) is 10.3. The molecule has 6 nitrogen and oxygen atoms in total. The van der Waals surface area contributed by atoms with E-state index in [1.54, 1.807) is 0 Å². The van der Waals surface area contributed by atoms with Crippen LogP contribution in [0.5, 0.6) is 0 Å². The monoisotopic (exact) mass is 358 g/mol. The molecule has 2 aliphatic heterocycles. The number of nitrogens with zero attached hydrogens (tertiary/aromatic N) is 4. The fourth-order valence-electron chi connectivity index (χ4n) is 4.35. The predicted molar refractivity (Wildman–Crippen MR) is 98.6 cm³/mol. The van der Waals surface area contributed by atoms with E-state index in [9.17, 15) is 9.59 Å². The molecule has 26 heavy (non-hydrogen) atoms. The molecule has 0 spiro atoms. The smallest absolute Gasteiger partial charge is 0.222 e. The van der Waals surface area contributed by atoms with E-state index in [1.165, 1.54) is 12.8 Å². The summed E-state index contributed by atoms with van der Waals surface area (Å²) >= 11 is 0. The lowest BCUT2D eigenvalue weighted by molar-refractivity contribution is -0.133. The van der Waals surface area contributed by atoms with Crippen LogP contribution in [0, 0.1) is 5.92 Å². The zero-order chi connectivity index (χ0) is 17.9. The fourth-order valence-corrected chi connectivity index (χ4v) is 4.35. The van der Waals surface area contributed by atoms with Crippen LogP contribution in [-0.4, -0.2) is 57.3 Å². The number of carbonyl (C=O) groups excluding carboxylic acids is 2. The van der Waals surface area contributed by atoms with E-state index in [2.05, 4.69) is 15.7 Å². The maximum absolute atomic E-state index is 12.6. The van der Waals surface area contributed by atoms with Crippen LogP contribution >= 0.6 is 0 Å². The minimum absolute atomic E-state index is 0.238. The van der Waals surface area contributed by atoms with Gasteiger partial charge in [0.15, 0.2) is 0 Å². The number of hydrogen-bond donors (Lipinski definition) is 0. The molecule has 3 fully saturated rings. The van der Waals surface area contributed by atoms with E-state index in [-0.39, 0.29) is 11.8 Å². The van der Waals surface area contributed by atoms with Gasteiger partial charge in [0, 0.05) is 63.9 Å². The zero-order valence-corrected chi connectivity index (χ0v) is 15.6. The summed E-state index contributed by atoms with van der Waals surface area (Å²) in [5.41, 5.74) is 0. The van der Waals surface area contributed by atoms with Crippen molar-refractivity contribution < 1.29 is 9.59 Å². The van der Waals surface area contributed by atoms with E-state index < -0.39 is 0 Å². The molecule has 2 saturated heterocycles. The van der Waals surface area contributed by atoms with Gasteiger partial charge in [-0.3, -0.25) is 9.59 Å². The van der Waals surface area contributed by atoms with Gasteiger partial charge in [0.2, 0.25) is 11.8 Å². The van der Waals surface area contributed by atoms with Crippen molar-refractivity contribution in [3.05, 3.63) is 18.2 Å². The molecular formula is C20H30N4O2. The molecule has 0 N–H and O–H groups in total. The molecule has 0 unspecified atom stereocenters. The van der Waals surface area contributed by atoms with Crippen LogP contribution in [-0.2, 0) is 16.1 Å². The van der Waals surface area contributed by atoms with Crippen LogP contribution in [0.2, 0.25) is 0 Å². The van der Waals surface area contributed by atoms with Crippen LogP contribution in [0.1, 0.15) is 63.1 Å². The summed E-state index contributed by atoms with van der Waals surface area (Å²) < 4.78 is 2.31. The maximum atomic E-state index is 12.6. The average Bonchev–Trinajstić information content (AvgIpc) is 3.18. The molecule has 1 aromatic rings. The van der Waals surface area contributed by atoms with E-state index in [1.807, 2.05) is 16.0 Å². The molecule has 0 bridgehead atoms. The molecule has 3 aliphatic rings. The van der Waals surface area contributed by atoms with Crippen molar-refractivity contribution in [3.63, 3.8) is 0 Å². The zero-order valence-electron chi connectivity index (χ0n) is 15.6. The first-order valence-electron chi connectivity index (χ1n) is 10.3. The number of imidazole rings is 1. The van der Waals surface area contributed by atoms with Crippen molar-refractivity contribution in [2.45, 2.75) is 63.8 Å². The minimum Gasteiger partial charge on any atom is -0.343 e. The third-order valence-corrected chi connectivity index (χ3v) is 6.03. The predicted octanol–water partition coefficient (Wildman–Crippen LogP) is 2.40. The summed E-state index contributed by atoms with van der Waals surface area (Å²) in [7, 11) is 0. The number of likely N-dealkylation sites (tertiary alicyclic amines) is 2. The lowest BCUT2D eigenvalue weighted by atomic mass is 9.96. The van der Waals surface area contributed by atoms with Crippen molar-refractivity contribution in [1.29, 1.82) is 0 Å². The molecule has 3 heterocycles. The Hall–Kier alpha value is -1.85. The topological polar surface area (TPSA) is 58.4 Å². The molecule has 1 aliphatic carbocycles. The number of rotatable bonds is 7. The van der Waals surface area contributed by atoms with Gasteiger partial charge in [-0.15, -0.1) is 0 Å². The van der Waals surface area contributed by atoms with Crippen LogP contribution in [0.3, 0.4) is 0 Å². The minimum atomic E-state index is 0.238. The van der Waals surface area contributed by atoms with E-state index in [0.29, 0.717) is 18.8 Å². The highest BCUT2D eigenvalue weighted by Crippen LogP contribution is 2.33. The Labute approximate surface area is 155 Å². The Morgan fingerprint density at radius 3 is 2.85 bits per heavy atom. The van der Waals surface area contributed by atoms with Gasteiger partial charge in [0.25, 0.3) is 0 Å². The lowest BCUT2D eigenvalue weighted by Gasteiger charge is -2.33. The molecule has 142 valence electrons. The summed E-state index contributed by atoms with van der Waals surface area (Å²) in [4.78, 5) is 32.8. The van der Waals surface area contributed by atoms with Crippen LogP contribution in [0.25, 0.3) is 0 Å².